The van der Waals surface area contributed by atoms with Crippen LogP contribution in [0.1, 0.15) is 52.7 Å². The van der Waals surface area contributed by atoms with E-state index in [-0.39, 0.29) is 43.5 Å². The first-order valence-electron chi connectivity index (χ1n) is 7.23. The molecule has 0 unspecified atom stereocenters. The van der Waals surface area contributed by atoms with Crippen molar-refractivity contribution in [3.05, 3.63) is 59.7 Å². The van der Waals surface area contributed by atoms with Crippen LogP contribution >= 0.6 is 0 Å². The van der Waals surface area contributed by atoms with E-state index in [1.165, 1.54) is 16.7 Å². The standard InChI is InChI=1S/C20H24.Y/c1-19(2,3)16-12-13-17(15-10-8-7-9-11-15)18(14-16)20(4,5)6;/h7-10,12,14H,1-6H3;/q-2;. The van der Waals surface area contributed by atoms with Crippen molar-refractivity contribution in [1.82, 2.24) is 0 Å². The van der Waals surface area contributed by atoms with Crippen molar-refractivity contribution in [3.63, 3.8) is 0 Å². The van der Waals surface area contributed by atoms with Crippen LogP contribution in [0.3, 0.4) is 0 Å². The Bertz CT molecular complexity index is 583. The molecule has 0 spiro atoms. The van der Waals surface area contributed by atoms with Crippen molar-refractivity contribution in [2.24, 2.45) is 0 Å². The second kappa shape index (κ2) is 6.75. The SMILES string of the molecule is CC(C)(C)c1c[c-]c(-c2[c-]cccc2)c(C(C)(C)C)c1.[Y]. The fraction of sp³-hybridized carbons (Fsp3) is 0.400. The van der Waals surface area contributed by atoms with E-state index in [1.807, 2.05) is 12.1 Å². The summed E-state index contributed by atoms with van der Waals surface area (Å²) in [7, 11) is 0. The molecule has 0 aromatic heterocycles. The summed E-state index contributed by atoms with van der Waals surface area (Å²) in [6.45, 7) is 13.5. The average Bonchev–Trinajstić information content (AvgIpc) is 2.37. The Labute approximate surface area is 155 Å². The van der Waals surface area contributed by atoms with Gasteiger partial charge in [-0.05, 0) is 5.41 Å². The molecule has 0 N–H and O–H groups in total. The van der Waals surface area contributed by atoms with Gasteiger partial charge in [-0.15, -0.1) is 17.7 Å². The molecule has 2 aromatic carbocycles. The minimum absolute atomic E-state index is 0. The second-order valence-electron chi connectivity index (χ2n) is 7.45. The third kappa shape index (κ3) is 4.50. The molecule has 21 heavy (non-hydrogen) atoms. The first-order valence-corrected chi connectivity index (χ1v) is 7.23. The molecule has 1 heteroatoms. The summed E-state index contributed by atoms with van der Waals surface area (Å²) in [4.78, 5) is 0. The molecule has 2 rings (SSSR count). The van der Waals surface area contributed by atoms with Gasteiger partial charge >= 0.3 is 0 Å². The summed E-state index contributed by atoms with van der Waals surface area (Å²) >= 11 is 0. The van der Waals surface area contributed by atoms with Crippen LogP contribution in [-0.4, -0.2) is 0 Å². The molecule has 2 aromatic rings. The molecule has 0 aliphatic rings. The molecule has 0 heterocycles. The van der Waals surface area contributed by atoms with Crippen LogP contribution < -0.4 is 0 Å². The molecule has 0 aliphatic heterocycles. The van der Waals surface area contributed by atoms with Crippen molar-refractivity contribution in [2.75, 3.05) is 0 Å². The maximum Gasteiger partial charge on any atom is 0 e. The fourth-order valence-corrected chi connectivity index (χ4v) is 2.29. The summed E-state index contributed by atoms with van der Waals surface area (Å²) < 4.78 is 0. The van der Waals surface area contributed by atoms with Gasteiger partial charge in [0.15, 0.2) is 0 Å². The predicted molar refractivity (Wildman–Crippen MR) is 87.0 cm³/mol. The number of benzene rings is 2. The minimum Gasteiger partial charge on any atom is -0.226 e. The first kappa shape index (κ1) is 18.6. The van der Waals surface area contributed by atoms with Gasteiger partial charge in [-0.25, -0.2) is 11.1 Å². The van der Waals surface area contributed by atoms with Gasteiger partial charge in [0.05, 0.1) is 0 Å². The van der Waals surface area contributed by atoms with Crippen molar-refractivity contribution >= 4 is 0 Å². The molecular weight excluding hydrogens is 329 g/mol. The number of hydrogen-bond donors (Lipinski definition) is 0. The third-order valence-corrected chi connectivity index (χ3v) is 3.59. The van der Waals surface area contributed by atoms with Crippen LogP contribution in [0.25, 0.3) is 11.1 Å². The molecule has 0 fully saturated rings. The largest absolute Gasteiger partial charge is 0.226 e. The average molecular weight is 353 g/mol. The topological polar surface area (TPSA) is 0 Å². The maximum atomic E-state index is 3.50. The predicted octanol–water partition coefficient (Wildman–Crippen LogP) is 5.55. The number of hydrogen-bond acceptors (Lipinski definition) is 0. The Morgan fingerprint density at radius 2 is 1.52 bits per heavy atom. The van der Waals surface area contributed by atoms with E-state index in [4.69, 9.17) is 0 Å². The second-order valence-corrected chi connectivity index (χ2v) is 7.45. The summed E-state index contributed by atoms with van der Waals surface area (Å²) in [5.74, 6) is 0. The molecular formula is C20H24Y-2. The normalized spacial score (nSPS) is 11.9. The zero-order chi connectivity index (χ0) is 15.0. The van der Waals surface area contributed by atoms with Gasteiger partial charge in [0.2, 0.25) is 0 Å². The van der Waals surface area contributed by atoms with E-state index in [9.17, 15) is 0 Å². The molecule has 0 bridgehead atoms. The van der Waals surface area contributed by atoms with E-state index in [2.05, 4.69) is 77.9 Å². The van der Waals surface area contributed by atoms with E-state index in [1.54, 1.807) is 0 Å². The van der Waals surface area contributed by atoms with Gasteiger partial charge < -0.3 is 0 Å². The Morgan fingerprint density at radius 1 is 0.857 bits per heavy atom. The molecule has 0 amide bonds. The summed E-state index contributed by atoms with van der Waals surface area (Å²) in [6.07, 6.45) is 0. The van der Waals surface area contributed by atoms with Crippen molar-refractivity contribution in [3.8, 4) is 11.1 Å². The number of rotatable bonds is 1. The molecule has 0 saturated heterocycles. The van der Waals surface area contributed by atoms with Crippen LogP contribution in [0, 0.1) is 12.1 Å². The van der Waals surface area contributed by atoms with Crippen LogP contribution in [0.15, 0.2) is 36.4 Å². The molecule has 0 atom stereocenters. The van der Waals surface area contributed by atoms with Crippen molar-refractivity contribution < 1.29 is 32.7 Å². The summed E-state index contributed by atoms with van der Waals surface area (Å²) in [5.41, 5.74) is 5.21. The molecule has 0 aliphatic carbocycles. The smallest absolute Gasteiger partial charge is 0 e. The van der Waals surface area contributed by atoms with Crippen LogP contribution in [0.5, 0.6) is 0 Å². The quantitative estimate of drug-likeness (QED) is 0.590. The van der Waals surface area contributed by atoms with E-state index in [0.717, 1.165) is 5.56 Å². The van der Waals surface area contributed by atoms with Crippen molar-refractivity contribution in [2.45, 2.75) is 52.4 Å². The Kier molecular flexibility index (Phi) is 5.98. The molecule has 0 nitrogen and oxygen atoms in total. The van der Waals surface area contributed by atoms with Gasteiger partial charge in [0.1, 0.15) is 0 Å². The summed E-state index contributed by atoms with van der Waals surface area (Å²) in [6, 6.07) is 19.4. The van der Waals surface area contributed by atoms with E-state index in [0.29, 0.717) is 0 Å². The zero-order valence-electron chi connectivity index (χ0n) is 14.0. The monoisotopic (exact) mass is 353 g/mol. The van der Waals surface area contributed by atoms with Gasteiger partial charge in [-0.3, -0.25) is 0 Å². The Balaban J connectivity index is 0.00000220. The zero-order valence-corrected chi connectivity index (χ0v) is 16.9. The first-order chi connectivity index (χ1) is 9.19. The Morgan fingerprint density at radius 3 is 2.00 bits per heavy atom. The molecule has 0 saturated carbocycles. The molecule has 1 radical (unpaired) electrons. The van der Waals surface area contributed by atoms with Gasteiger partial charge in [0.25, 0.3) is 0 Å². The van der Waals surface area contributed by atoms with Gasteiger partial charge in [-0.1, -0.05) is 47.0 Å². The van der Waals surface area contributed by atoms with Crippen LogP contribution in [0.2, 0.25) is 0 Å². The molecule has 109 valence electrons. The van der Waals surface area contributed by atoms with E-state index >= 15 is 0 Å². The maximum absolute atomic E-state index is 3.50. The Hall–Kier alpha value is -0.456. The van der Waals surface area contributed by atoms with Crippen molar-refractivity contribution in [1.29, 1.82) is 0 Å². The third-order valence-electron chi connectivity index (χ3n) is 3.59. The minimum atomic E-state index is 0. The van der Waals surface area contributed by atoms with Crippen LogP contribution in [0.4, 0.5) is 0 Å². The fourth-order valence-electron chi connectivity index (χ4n) is 2.29. The summed E-state index contributed by atoms with van der Waals surface area (Å²) in [5, 5.41) is 0. The van der Waals surface area contributed by atoms with Gasteiger partial charge in [0, 0.05) is 32.7 Å². The van der Waals surface area contributed by atoms with Crippen LogP contribution in [-0.2, 0) is 43.5 Å². The van der Waals surface area contributed by atoms with Gasteiger partial charge in [-0.2, -0.15) is 42.0 Å². The van der Waals surface area contributed by atoms with E-state index < -0.39 is 0 Å².